The van der Waals surface area contributed by atoms with E-state index in [0.717, 1.165) is 0 Å². The monoisotopic (exact) mass is 238 g/mol. The first-order valence-corrected chi connectivity index (χ1v) is 3.75. The molecule has 5 nitrogen and oxygen atoms in total. The number of aromatic hydroxyl groups is 2. The van der Waals surface area contributed by atoms with E-state index >= 15 is 0 Å². The highest BCUT2D eigenvalue weighted by Gasteiger charge is 2.32. The van der Waals surface area contributed by atoms with Gasteiger partial charge in [0.15, 0.2) is 0 Å². The largest absolute Gasteiger partial charge is 0.573 e. The second kappa shape index (κ2) is 3.80. The molecule has 0 bridgehead atoms. The summed E-state index contributed by atoms with van der Waals surface area (Å²) in [4.78, 5) is 10.5. The minimum Gasteiger partial charge on any atom is -0.507 e. The average molecular weight is 238 g/mol. The van der Waals surface area contributed by atoms with Crippen LogP contribution in [0.15, 0.2) is 12.1 Å². The summed E-state index contributed by atoms with van der Waals surface area (Å²) in [6.07, 6.45) is -5.00. The summed E-state index contributed by atoms with van der Waals surface area (Å²) in [7, 11) is 0. The van der Waals surface area contributed by atoms with Crippen LogP contribution in [-0.2, 0) is 0 Å². The zero-order chi connectivity index (χ0) is 12.5. The van der Waals surface area contributed by atoms with E-state index in [4.69, 9.17) is 15.3 Å². The standard InChI is InChI=1S/C8H5F3O5/c9-8(10,11)16-3-1-4(12)6(7(14)15)5(13)2-3/h1-2,12-13H,(H,14,15). The zero-order valence-corrected chi connectivity index (χ0v) is 7.45. The molecule has 0 saturated carbocycles. The van der Waals surface area contributed by atoms with E-state index in [-0.39, 0.29) is 0 Å². The Bertz CT molecular complexity index is 403. The minimum absolute atomic E-state index is 0.441. The number of carbonyl (C=O) groups is 1. The molecule has 88 valence electrons. The first-order valence-electron chi connectivity index (χ1n) is 3.75. The Hall–Kier alpha value is -2.12. The number of alkyl halides is 3. The summed E-state index contributed by atoms with van der Waals surface area (Å²) in [5.74, 6) is -4.63. The quantitative estimate of drug-likeness (QED) is 0.729. The molecule has 1 aromatic carbocycles. The predicted molar refractivity (Wildman–Crippen MR) is 43.4 cm³/mol. The van der Waals surface area contributed by atoms with E-state index in [2.05, 4.69) is 4.74 Å². The lowest BCUT2D eigenvalue weighted by Crippen LogP contribution is -2.17. The van der Waals surface area contributed by atoms with E-state index in [1.807, 2.05) is 0 Å². The van der Waals surface area contributed by atoms with Crippen LogP contribution in [0.1, 0.15) is 10.4 Å². The molecule has 0 spiro atoms. The lowest BCUT2D eigenvalue weighted by Gasteiger charge is -2.10. The van der Waals surface area contributed by atoms with Crippen LogP contribution in [0.3, 0.4) is 0 Å². The van der Waals surface area contributed by atoms with E-state index in [1.54, 1.807) is 0 Å². The number of carboxylic acids is 1. The molecule has 0 unspecified atom stereocenters. The van der Waals surface area contributed by atoms with Gasteiger partial charge in [0.2, 0.25) is 0 Å². The summed E-state index contributed by atoms with van der Waals surface area (Å²) in [5.41, 5.74) is -0.894. The number of hydrogen-bond acceptors (Lipinski definition) is 4. The number of phenols is 2. The molecule has 1 rings (SSSR count). The molecule has 0 amide bonds. The lowest BCUT2D eigenvalue weighted by atomic mass is 10.1. The van der Waals surface area contributed by atoms with Crippen LogP contribution in [0.2, 0.25) is 0 Å². The van der Waals surface area contributed by atoms with Gasteiger partial charge in [0, 0.05) is 12.1 Å². The smallest absolute Gasteiger partial charge is 0.507 e. The molecule has 16 heavy (non-hydrogen) atoms. The van der Waals surface area contributed by atoms with Crippen LogP contribution in [0.4, 0.5) is 13.2 Å². The third kappa shape index (κ3) is 2.69. The Morgan fingerprint density at radius 2 is 1.62 bits per heavy atom. The lowest BCUT2D eigenvalue weighted by molar-refractivity contribution is -0.274. The normalized spacial score (nSPS) is 11.2. The van der Waals surface area contributed by atoms with Gasteiger partial charge in [-0.2, -0.15) is 0 Å². The van der Waals surface area contributed by atoms with Crippen molar-refractivity contribution in [1.82, 2.24) is 0 Å². The number of halogens is 3. The van der Waals surface area contributed by atoms with Gasteiger partial charge < -0.3 is 20.1 Å². The van der Waals surface area contributed by atoms with Crippen LogP contribution < -0.4 is 4.74 Å². The van der Waals surface area contributed by atoms with Crippen molar-refractivity contribution in [2.75, 3.05) is 0 Å². The van der Waals surface area contributed by atoms with Gasteiger partial charge in [-0.3, -0.25) is 0 Å². The first kappa shape index (κ1) is 12.0. The van der Waals surface area contributed by atoms with Gasteiger partial charge in [0.25, 0.3) is 0 Å². The molecule has 0 radical (unpaired) electrons. The number of ether oxygens (including phenoxy) is 1. The molecule has 0 aliphatic heterocycles. The Labute approximate surface area is 86.3 Å². The van der Waals surface area contributed by atoms with Crippen molar-refractivity contribution in [3.05, 3.63) is 17.7 Å². The maximum Gasteiger partial charge on any atom is 0.573 e. The van der Waals surface area contributed by atoms with Crippen molar-refractivity contribution >= 4 is 5.97 Å². The summed E-state index contributed by atoms with van der Waals surface area (Å²) in [5, 5.41) is 26.6. The molecule has 1 aromatic rings. The first-order chi connectivity index (χ1) is 7.20. The van der Waals surface area contributed by atoms with Crippen molar-refractivity contribution < 1.29 is 38.0 Å². The third-order valence-electron chi connectivity index (χ3n) is 1.52. The fraction of sp³-hybridized carbons (Fsp3) is 0.125. The molecule has 0 saturated heterocycles. The van der Waals surface area contributed by atoms with Crippen molar-refractivity contribution in [2.24, 2.45) is 0 Å². The van der Waals surface area contributed by atoms with Crippen LogP contribution in [-0.4, -0.2) is 27.7 Å². The number of aromatic carboxylic acids is 1. The highest BCUT2D eigenvalue weighted by molar-refractivity contribution is 5.94. The zero-order valence-electron chi connectivity index (χ0n) is 7.45. The molecule has 0 heterocycles. The fourth-order valence-electron chi connectivity index (χ4n) is 0.998. The second-order valence-corrected chi connectivity index (χ2v) is 2.69. The Morgan fingerprint density at radius 1 is 1.19 bits per heavy atom. The van der Waals surface area contributed by atoms with Crippen molar-refractivity contribution in [3.8, 4) is 17.2 Å². The maximum atomic E-state index is 11.8. The van der Waals surface area contributed by atoms with Crippen LogP contribution in [0, 0.1) is 0 Å². The highest BCUT2D eigenvalue weighted by atomic mass is 19.4. The fourth-order valence-corrected chi connectivity index (χ4v) is 0.998. The third-order valence-corrected chi connectivity index (χ3v) is 1.52. The van der Waals surface area contributed by atoms with Crippen molar-refractivity contribution in [1.29, 1.82) is 0 Å². The Kier molecular flexibility index (Phi) is 2.84. The number of benzene rings is 1. The summed E-state index contributed by atoms with van der Waals surface area (Å²) >= 11 is 0. The van der Waals surface area contributed by atoms with E-state index in [1.165, 1.54) is 0 Å². The van der Waals surface area contributed by atoms with Gasteiger partial charge in [-0.25, -0.2) is 4.79 Å². The van der Waals surface area contributed by atoms with Gasteiger partial charge in [-0.05, 0) is 0 Å². The van der Waals surface area contributed by atoms with E-state index in [9.17, 15) is 18.0 Å². The van der Waals surface area contributed by atoms with E-state index in [0.29, 0.717) is 12.1 Å². The summed E-state index contributed by atoms with van der Waals surface area (Å²) in [6, 6.07) is 0.882. The van der Waals surface area contributed by atoms with Crippen LogP contribution in [0.5, 0.6) is 17.2 Å². The van der Waals surface area contributed by atoms with Gasteiger partial charge in [-0.1, -0.05) is 0 Å². The molecule has 0 aromatic heterocycles. The van der Waals surface area contributed by atoms with Gasteiger partial charge in [-0.15, -0.1) is 13.2 Å². The number of hydrogen-bond donors (Lipinski definition) is 3. The highest BCUT2D eigenvalue weighted by Crippen LogP contribution is 2.34. The SMILES string of the molecule is O=C(O)c1c(O)cc(OC(F)(F)F)cc1O. The molecule has 0 aliphatic rings. The molecule has 0 aliphatic carbocycles. The minimum atomic E-state index is -5.00. The molecule has 8 heteroatoms. The number of rotatable bonds is 2. The summed E-state index contributed by atoms with van der Waals surface area (Å²) < 4.78 is 38.7. The molecular formula is C8H5F3O5. The maximum absolute atomic E-state index is 11.8. The van der Waals surface area contributed by atoms with Crippen molar-refractivity contribution in [3.63, 3.8) is 0 Å². The molecule has 3 N–H and O–H groups in total. The topological polar surface area (TPSA) is 87.0 Å². The van der Waals surface area contributed by atoms with Crippen LogP contribution >= 0.6 is 0 Å². The second-order valence-electron chi connectivity index (χ2n) is 2.69. The molecular weight excluding hydrogens is 233 g/mol. The average Bonchev–Trinajstić information content (AvgIpc) is 1.96. The van der Waals surface area contributed by atoms with Gasteiger partial charge >= 0.3 is 12.3 Å². The van der Waals surface area contributed by atoms with Crippen molar-refractivity contribution in [2.45, 2.75) is 6.36 Å². The number of carboxylic acid groups (broad SMARTS) is 1. The predicted octanol–water partition coefficient (Wildman–Crippen LogP) is 1.69. The van der Waals surface area contributed by atoms with Gasteiger partial charge in [0.1, 0.15) is 22.8 Å². The van der Waals surface area contributed by atoms with Crippen LogP contribution in [0.25, 0.3) is 0 Å². The molecule has 0 atom stereocenters. The van der Waals surface area contributed by atoms with E-state index < -0.39 is 35.1 Å². The Balaban J connectivity index is 3.15. The molecule has 0 fully saturated rings. The summed E-state index contributed by atoms with van der Waals surface area (Å²) in [6.45, 7) is 0. The Morgan fingerprint density at radius 3 is 1.94 bits per heavy atom. The van der Waals surface area contributed by atoms with Gasteiger partial charge in [0.05, 0.1) is 0 Å².